The number of hydrogen-bond donors (Lipinski definition) is 1. The summed E-state index contributed by atoms with van der Waals surface area (Å²) in [7, 11) is 0. The monoisotopic (exact) mass is 241 g/mol. The minimum Gasteiger partial charge on any atom is -0.508 e. The van der Waals surface area contributed by atoms with E-state index < -0.39 is 0 Å². The van der Waals surface area contributed by atoms with Gasteiger partial charge in [-0.3, -0.25) is 0 Å². The minimum absolute atomic E-state index is 0.370. The number of benzene rings is 2. The summed E-state index contributed by atoms with van der Waals surface area (Å²) >= 11 is 0. The average Bonchev–Trinajstić information content (AvgIpc) is 2.41. The molecule has 2 nitrogen and oxygen atoms in total. The van der Waals surface area contributed by atoms with E-state index in [0.717, 1.165) is 18.7 Å². The Kier molecular flexibility index (Phi) is 3.88. The molecule has 2 aromatic rings. The molecule has 0 saturated heterocycles. The van der Waals surface area contributed by atoms with Crippen molar-refractivity contribution in [3.8, 4) is 5.75 Å². The fourth-order valence-electron chi connectivity index (χ4n) is 2.07. The zero-order valence-electron chi connectivity index (χ0n) is 10.9. The third-order valence-electron chi connectivity index (χ3n) is 3.10. The number of phenolic OH excluding ortho intramolecular Hbond substituents is 1. The molecule has 0 spiro atoms. The zero-order chi connectivity index (χ0) is 13.0. The SMILES string of the molecule is CCN(Cc1cc(C)ccc1O)c1ccccc1. The van der Waals surface area contributed by atoms with Gasteiger partial charge in [0, 0.05) is 24.3 Å². The maximum Gasteiger partial charge on any atom is 0.120 e. The highest BCUT2D eigenvalue weighted by Crippen LogP contribution is 2.23. The summed E-state index contributed by atoms with van der Waals surface area (Å²) in [4.78, 5) is 2.24. The number of rotatable bonds is 4. The van der Waals surface area contributed by atoms with Crippen molar-refractivity contribution in [3.63, 3.8) is 0 Å². The zero-order valence-corrected chi connectivity index (χ0v) is 10.9. The van der Waals surface area contributed by atoms with Crippen molar-refractivity contribution < 1.29 is 5.11 Å². The summed E-state index contributed by atoms with van der Waals surface area (Å²) in [6, 6.07) is 16.0. The Hall–Kier alpha value is -1.96. The molecule has 0 unspecified atom stereocenters. The minimum atomic E-state index is 0.370. The molecule has 1 N–H and O–H groups in total. The first-order valence-electron chi connectivity index (χ1n) is 6.29. The molecule has 2 aromatic carbocycles. The van der Waals surface area contributed by atoms with Crippen molar-refractivity contribution in [2.45, 2.75) is 20.4 Å². The second kappa shape index (κ2) is 5.58. The van der Waals surface area contributed by atoms with Crippen molar-refractivity contribution in [1.82, 2.24) is 0 Å². The quantitative estimate of drug-likeness (QED) is 0.881. The third-order valence-corrected chi connectivity index (χ3v) is 3.10. The highest BCUT2D eigenvalue weighted by atomic mass is 16.3. The third kappa shape index (κ3) is 2.83. The van der Waals surface area contributed by atoms with E-state index in [9.17, 15) is 5.11 Å². The summed E-state index contributed by atoms with van der Waals surface area (Å²) in [5, 5.41) is 9.90. The van der Waals surface area contributed by atoms with Crippen LogP contribution in [0.4, 0.5) is 5.69 Å². The van der Waals surface area contributed by atoms with E-state index in [1.54, 1.807) is 6.07 Å². The van der Waals surface area contributed by atoms with Crippen LogP contribution in [0.3, 0.4) is 0 Å². The van der Waals surface area contributed by atoms with Gasteiger partial charge in [0.2, 0.25) is 0 Å². The first-order chi connectivity index (χ1) is 8.70. The van der Waals surface area contributed by atoms with E-state index in [4.69, 9.17) is 0 Å². The standard InChI is InChI=1S/C16H19NO/c1-3-17(15-7-5-4-6-8-15)12-14-11-13(2)9-10-16(14)18/h4-11,18H,3,12H2,1-2H3. The van der Waals surface area contributed by atoms with Crippen LogP contribution in [0.25, 0.3) is 0 Å². The summed E-state index contributed by atoms with van der Waals surface area (Å²) in [5.41, 5.74) is 3.33. The number of anilines is 1. The molecule has 0 radical (unpaired) electrons. The molecule has 0 atom stereocenters. The number of aryl methyl sites for hydroxylation is 1. The lowest BCUT2D eigenvalue weighted by atomic mass is 10.1. The Morgan fingerprint density at radius 3 is 2.44 bits per heavy atom. The molecule has 0 heterocycles. The van der Waals surface area contributed by atoms with Gasteiger partial charge in [0.1, 0.15) is 5.75 Å². The van der Waals surface area contributed by atoms with Gasteiger partial charge in [-0.25, -0.2) is 0 Å². The van der Waals surface area contributed by atoms with Gasteiger partial charge in [0.15, 0.2) is 0 Å². The van der Waals surface area contributed by atoms with Gasteiger partial charge in [0.25, 0.3) is 0 Å². The normalized spacial score (nSPS) is 10.3. The first kappa shape index (κ1) is 12.5. The van der Waals surface area contributed by atoms with Crippen molar-refractivity contribution in [3.05, 3.63) is 59.7 Å². The van der Waals surface area contributed by atoms with Crippen LogP contribution in [-0.4, -0.2) is 11.7 Å². The molecule has 2 rings (SSSR count). The molecule has 0 bridgehead atoms. The molecule has 0 fully saturated rings. The van der Waals surface area contributed by atoms with Crippen molar-refractivity contribution >= 4 is 5.69 Å². The smallest absolute Gasteiger partial charge is 0.120 e. The van der Waals surface area contributed by atoms with Crippen molar-refractivity contribution in [2.75, 3.05) is 11.4 Å². The number of para-hydroxylation sites is 1. The summed E-state index contributed by atoms with van der Waals surface area (Å²) in [5.74, 6) is 0.370. The van der Waals surface area contributed by atoms with E-state index in [-0.39, 0.29) is 0 Å². The van der Waals surface area contributed by atoms with E-state index >= 15 is 0 Å². The van der Waals surface area contributed by atoms with Gasteiger partial charge in [-0.2, -0.15) is 0 Å². The van der Waals surface area contributed by atoms with Crippen molar-refractivity contribution in [1.29, 1.82) is 0 Å². The highest BCUT2D eigenvalue weighted by molar-refractivity contribution is 5.48. The highest BCUT2D eigenvalue weighted by Gasteiger charge is 2.08. The van der Waals surface area contributed by atoms with E-state index in [0.29, 0.717) is 5.75 Å². The lowest BCUT2D eigenvalue weighted by Gasteiger charge is -2.23. The molecular weight excluding hydrogens is 222 g/mol. The molecular formula is C16H19NO. The Labute approximate surface area is 109 Å². The van der Waals surface area contributed by atoms with E-state index in [2.05, 4.69) is 24.0 Å². The number of hydrogen-bond acceptors (Lipinski definition) is 2. The van der Waals surface area contributed by atoms with Gasteiger partial charge < -0.3 is 10.0 Å². The maximum atomic E-state index is 9.90. The Balaban J connectivity index is 2.23. The second-order valence-corrected chi connectivity index (χ2v) is 4.48. The molecule has 0 saturated carbocycles. The number of phenols is 1. The van der Waals surface area contributed by atoms with Gasteiger partial charge in [-0.05, 0) is 32.0 Å². The lowest BCUT2D eigenvalue weighted by molar-refractivity contribution is 0.467. The summed E-state index contributed by atoms with van der Waals surface area (Å²) in [6.45, 7) is 5.81. The number of aromatic hydroxyl groups is 1. The van der Waals surface area contributed by atoms with Crippen LogP contribution < -0.4 is 4.90 Å². The van der Waals surface area contributed by atoms with Gasteiger partial charge in [-0.1, -0.05) is 35.9 Å². The summed E-state index contributed by atoms with van der Waals surface area (Å²) < 4.78 is 0. The molecule has 18 heavy (non-hydrogen) atoms. The van der Waals surface area contributed by atoms with Crippen molar-refractivity contribution in [2.24, 2.45) is 0 Å². The second-order valence-electron chi connectivity index (χ2n) is 4.48. The van der Waals surface area contributed by atoms with Crippen LogP contribution in [0.1, 0.15) is 18.1 Å². The molecule has 0 aromatic heterocycles. The van der Waals surface area contributed by atoms with Crippen LogP contribution in [0.2, 0.25) is 0 Å². The molecule has 0 aliphatic heterocycles. The lowest BCUT2D eigenvalue weighted by Crippen LogP contribution is -2.21. The molecule has 94 valence electrons. The predicted octanol–water partition coefficient (Wildman–Crippen LogP) is 3.73. The fourth-order valence-corrected chi connectivity index (χ4v) is 2.07. The van der Waals surface area contributed by atoms with Crippen LogP contribution in [0.15, 0.2) is 48.5 Å². The van der Waals surface area contributed by atoms with Gasteiger partial charge >= 0.3 is 0 Å². The predicted molar refractivity (Wildman–Crippen MR) is 76.0 cm³/mol. The number of nitrogens with zero attached hydrogens (tertiary/aromatic N) is 1. The van der Waals surface area contributed by atoms with Crippen LogP contribution >= 0.6 is 0 Å². The topological polar surface area (TPSA) is 23.5 Å². The fraction of sp³-hybridized carbons (Fsp3) is 0.250. The maximum absolute atomic E-state index is 9.90. The van der Waals surface area contributed by atoms with E-state index in [1.165, 1.54) is 11.3 Å². The summed E-state index contributed by atoms with van der Waals surface area (Å²) in [6.07, 6.45) is 0. The Morgan fingerprint density at radius 1 is 1.06 bits per heavy atom. The van der Waals surface area contributed by atoms with Crippen LogP contribution in [0, 0.1) is 6.92 Å². The molecule has 0 amide bonds. The largest absolute Gasteiger partial charge is 0.508 e. The van der Waals surface area contributed by atoms with Gasteiger partial charge in [-0.15, -0.1) is 0 Å². The van der Waals surface area contributed by atoms with E-state index in [1.807, 2.05) is 37.3 Å². The molecule has 0 aliphatic rings. The van der Waals surface area contributed by atoms with Crippen LogP contribution in [0.5, 0.6) is 5.75 Å². The first-order valence-corrected chi connectivity index (χ1v) is 6.29. The Bertz CT molecular complexity index is 508. The Morgan fingerprint density at radius 2 is 1.78 bits per heavy atom. The van der Waals surface area contributed by atoms with Gasteiger partial charge in [0.05, 0.1) is 0 Å². The van der Waals surface area contributed by atoms with Crippen LogP contribution in [-0.2, 0) is 6.54 Å². The molecule has 0 aliphatic carbocycles. The average molecular weight is 241 g/mol. The molecule has 2 heteroatoms.